The van der Waals surface area contributed by atoms with E-state index in [0.29, 0.717) is 25.1 Å². The summed E-state index contributed by atoms with van der Waals surface area (Å²) >= 11 is 0. The van der Waals surface area contributed by atoms with Crippen molar-refractivity contribution < 1.29 is 15.0 Å². The Morgan fingerprint density at radius 2 is 2.38 bits per heavy atom. The lowest BCUT2D eigenvalue weighted by Gasteiger charge is -2.19. The predicted molar refractivity (Wildman–Crippen MR) is 55.0 cm³/mol. The maximum Gasteiger partial charge on any atom is 0.328 e. The first kappa shape index (κ1) is 11.1. The number of carboxylic acids is 1. The molecule has 1 atom stereocenters. The molecule has 6 heteroatoms. The van der Waals surface area contributed by atoms with Gasteiger partial charge in [0.15, 0.2) is 11.9 Å². The van der Waals surface area contributed by atoms with Crippen molar-refractivity contribution in [3.63, 3.8) is 0 Å². The highest BCUT2D eigenvalue weighted by Crippen LogP contribution is 2.23. The van der Waals surface area contributed by atoms with Gasteiger partial charge in [0, 0.05) is 19.4 Å². The van der Waals surface area contributed by atoms with Crippen molar-refractivity contribution in [3.8, 4) is 0 Å². The summed E-state index contributed by atoms with van der Waals surface area (Å²) in [6.45, 7) is 0.103. The summed E-state index contributed by atoms with van der Waals surface area (Å²) in [6.07, 6.45) is 3.46. The van der Waals surface area contributed by atoms with Crippen LogP contribution in [0.5, 0.6) is 0 Å². The topological polar surface area (TPSA) is 88.2 Å². The van der Waals surface area contributed by atoms with Crippen molar-refractivity contribution in [2.75, 3.05) is 6.61 Å². The Hall–Kier alpha value is -1.43. The van der Waals surface area contributed by atoms with E-state index in [9.17, 15) is 4.79 Å². The van der Waals surface area contributed by atoms with E-state index in [0.717, 1.165) is 18.7 Å². The van der Waals surface area contributed by atoms with Gasteiger partial charge in [-0.05, 0) is 19.3 Å². The molecule has 1 unspecified atom stereocenters. The minimum Gasteiger partial charge on any atom is -0.480 e. The molecule has 2 rings (SSSR count). The molecule has 0 spiro atoms. The minimum absolute atomic E-state index is 0.103. The second-order valence-corrected chi connectivity index (χ2v) is 3.96. The standard InChI is InChI=1S/C10H15N3O3/c14-6-2-4-8-11-9-5-1-3-7(10(15)16)13(9)12-8/h7,14H,1-6H2,(H,15,16). The Kier molecular flexibility index (Phi) is 3.19. The number of hydrogen-bond acceptors (Lipinski definition) is 4. The number of aliphatic carboxylic acids is 1. The summed E-state index contributed by atoms with van der Waals surface area (Å²) in [7, 11) is 0. The lowest BCUT2D eigenvalue weighted by atomic mass is 10.1. The van der Waals surface area contributed by atoms with Crippen LogP contribution in [0.25, 0.3) is 0 Å². The Balaban J connectivity index is 2.20. The van der Waals surface area contributed by atoms with E-state index in [2.05, 4.69) is 10.1 Å². The van der Waals surface area contributed by atoms with Crippen LogP contribution in [0, 0.1) is 0 Å². The average Bonchev–Trinajstić information content (AvgIpc) is 2.68. The minimum atomic E-state index is -0.848. The number of aromatic nitrogens is 3. The van der Waals surface area contributed by atoms with Crippen molar-refractivity contribution in [2.24, 2.45) is 0 Å². The molecule has 88 valence electrons. The highest BCUT2D eigenvalue weighted by Gasteiger charge is 2.28. The fourth-order valence-corrected chi connectivity index (χ4v) is 1.97. The molecule has 0 aromatic carbocycles. The van der Waals surface area contributed by atoms with Gasteiger partial charge in [0.1, 0.15) is 5.82 Å². The summed E-state index contributed by atoms with van der Waals surface area (Å²) in [6, 6.07) is -0.570. The summed E-state index contributed by atoms with van der Waals surface area (Å²) in [5.74, 6) is 0.545. The molecular weight excluding hydrogens is 210 g/mol. The van der Waals surface area contributed by atoms with Gasteiger partial charge in [-0.3, -0.25) is 0 Å². The number of fused-ring (bicyclic) bond motifs is 1. The number of hydrogen-bond donors (Lipinski definition) is 2. The second-order valence-electron chi connectivity index (χ2n) is 3.96. The molecule has 2 N–H and O–H groups in total. The van der Waals surface area contributed by atoms with Gasteiger partial charge in [0.05, 0.1) is 0 Å². The van der Waals surface area contributed by atoms with Gasteiger partial charge in [-0.15, -0.1) is 0 Å². The quantitative estimate of drug-likeness (QED) is 0.762. The summed E-state index contributed by atoms with van der Waals surface area (Å²) in [4.78, 5) is 15.3. The predicted octanol–water partition coefficient (Wildman–Crippen LogP) is 0.165. The second kappa shape index (κ2) is 4.61. The van der Waals surface area contributed by atoms with Gasteiger partial charge < -0.3 is 10.2 Å². The molecule has 16 heavy (non-hydrogen) atoms. The van der Waals surface area contributed by atoms with Crippen LogP contribution in [0.2, 0.25) is 0 Å². The van der Waals surface area contributed by atoms with Crippen molar-refractivity contribution >= 4 is 5.97 Å². The van der Waals surface area contributed by atoms with E-state index < -0.39 is 12.0 Å². The zero-order valence-electron chi connectivity index (χ0n) is 8.96. The van der Waals surface area contributed by atoms with E-state index in [1.165, 1.54) is 4.68 Å². The average molecular weight is 225 g/mol. The normalized spacial score (nSPS) is 19.4. The molecule has 1 aliphatic rings. The Bertz CT molecular complexity index is 389. The van der Waals surface area contributed by atoms with Crippen LogP contribution >= 0.6 is 0 Å². The molecular formula is C10H15N3O3. The summed E-state index contributed by atoms with van der Waals surface area (Å²) in [5.41, 5.74) is 0. The van der Waals surface area contributed by atoms with Crippen LogP contribution in [0.3, 0.4) is 0 Å². The zero-order valence-corrected chi connectivity index (χ0v) is 8.96. The van der Waals surface area contributed by atoms with Crippen LogP contribution in [-0.4, -0.2) is 37.6 Å². The molecule has 1 aromatic rings. The molecule has 0 saturated carbocycles. The molecule has 2 heterocycles. The van der Waals surface area contributed by atoms with E-state index in [4.69, 9.17) is 10.2 Å². The fraction of sp³-hybridized carbons (Fsp3) is 0.700. The number of aliphatic hydroxyl groups is 1. The zero-order chi connectivity index (χ0) is 11.5. The number of aliphatic hydroxyl groups excluding tert-OH is 1. The molecule has 0 radical (unpaired) electrons. The van der Waals surface area contributed by atoms with Crippen LogP contribution in [0.15, 0.2) is 0 Å². The molecule has 0 fully saturated rings. The Morgan fingerprint density at radius 3 is 3.06 bits per heavy atom. The highest BCUT2D eigenvalue weighted by atomic mass is 16.4. The molecule has 0 bridgehead atoms. The molecule has 6 nitrogen and oxygen atoms in total. The van der Waals surface area contributed by atoms with Crippen molar-refractivity contribution in [3.05, 3.63) is 11.6 Å². The Morgan fingerprint density at radius 1 is 1.56 bits per heavy atom. The van der Waals surface area contributed by atoms with Crippen LogP contribution < -0.4 is 0 Å². The van der Waals surface area contributed by atoms with Gasteiger partial charge in [-0.1, -0.05) is 0 Å². The van der Waals surface area contributed by atoms with Gasteiger partial charge in [0.25, 0.3) is 0 Å². The van der Waals surface area contributed by atoms with E-state index in [1.54, 1.807) is 0 Å². The maximum absolute atomic E-state index is 11.0. The van der Waals surface area contributed by atoms with E-state index in [1.807, 2.05) is 0 Å². The monoisotopic (exact) mass is 225 g/mol. The number of rotatable bonds is 4. The SMILES string of the molecule is O=C(O)C1CCCc2nc(CCCO)nn21. The maximum atomic E-state index is 11.0. The van der Waals surface area contributed by atoms with Gasteiger partial charge in [-0.25, -0.2) is 14.5 Å². The number of nitrogens with zero attached hydrogens (tertiary/aromatic N) is 3. The number of carbonyl (C=O) groups is 1. The van der Waals surface area contributed by atoms with Crippen LogP contribution in [0.4, 0.5) is 0 Å². The molecule has 0 saturated heterocycles. The summed E-state index contributed by atoms with van der Waals surface area (Å²) < 4.78 is 1.53. The molecule has 0 aliphatic carbocycles. The third kappa shape index (κ3) is 2.06. The van der Waals surface area contributed by atoms with Crippen molar-refractivity contribution in [1.82, 2.24) is 14.8 Å². The lowest BCUT2D eigenvalue weighted by molar-refractivity contribution is -0.141. The Labute approximate surface area is 92.9 Å². The fourth-order valence-electron chi connectivity index (χ4n) is 1.97. The first-order chi connectivity index (χ1) is 7.72. The smallest absolute Gasteiger partial charge is 0.328 e. The first-order valence-electron chi connectivity index (χ1n) is 5.50. The van der Waals surface area contributed by atoms with E-state index in [-0.39, 0.29) is 6.61 Å². The summed E-state index contributed by atoms with van der Waals surface area (Å²) in [5, 5.41) is 22.0. The van der Waals surface area contributed by atoms with Crippen LogP contribution in [0.1, 0.15) is 37.0 Å². The van der Waals surface area contributed by atoms with E-state index >= 15 is 0 Å². The molecule has 1 aromatic heterocycles. The van der Waals surface area contributed by atoms with Crippen molar-refractivity contribution in [2.45, 2.75) is 38.1 Å². The largest absolute Gasteiger partial charge is 0.480 e. The van der Waals surface area contributed by atoms with Gasteiger partial charge in [-0.2, -0.15) is 5.10 Å². The third-order valence-electron chi connectivity index (χ3n) is 2.76. The molecule has 1 aliphatic heterocycles. The van der Waals surface area contributed by atoms with Gasteiger partial charge in [0.2, 0.25) is 0 Å². The number of aryl methyl sites for hydroxylation is 2. The number of carboxylic acid groups (broad SMARTS) is 1. The van der Waals surface area contributed by atoms with Crippen molar-refractivity contribution in [1.29, 1.82) is 0 Å². The molecule has 0 amide bonds. The lowest BCUT2D eigenvalue weighted by Crippen LogP contribution is -2.26. The van der Waals surface area contributed by atoms with Gasteiger partial charge >= 0.3 is 5.97 Å². The first-order valence-corrected chi connectivity index (χ1v) is 5.50. The van der Waals surface area contributed by atoms with Crippen LogP contribution in [-0.2, 0) is 17.6 Å². The highest BCUT2D eigenvalue weighted by molar-refractivity contribution is 5.71. The third-order valence-corrected chi connectivity index (χ3v) is 2.76.